The predicted molar refractivity (Wildman–Crippen MR) is 237 cm³/mol. The molecule has 1 aliphatic heterocycles. The number of rotatable bonds is 3. The van der Waals surface area contributed by atoms with Gasteiger partial charge in [0.1, 0.15) is 0 Å². The van der Waals surface area contributed by atoms with Crippen molar-refractivity contribution in [2.24, 2.45) is 0 Å². The van der Waals surface area contributed by atoms with Crippen molar-refractivity contribution in [3.8, 4) is 16.8 Å². The van der Waals surface area contributed by atoms with Gasteiger partial charge in [0.15, 0.2) is 0 Å². The summed E-state index contributed by atoms with van der Waals surface area (Å²) in [6.45, 7) is 9.57. The second kappa shape index (κ2) is 11.2. The number of anilines is 3. The Balaban J connectivity index is 1.19. The van der Waals surface area contributed by atoms with Crippen LogP contribution < -0.4 is 4.90 Å². The average molecular weight is 731 g/mol. The lowest BCUT2D eigenvalue weighted by molar-refractivity contribution is 0.556. The van der Waals surface area contributed by atoms with Gasteiger partial charge < -0.3 is 9.47 Å². The second-order valence-electron chi connectivity index (χ2n) is 17.3. The number of nitrogens with zero attached hydrogens (tertiary/aromatic N) is 2. The third kappa shape index (κ3) is 4.05. The summed E-state index contributed by atoms with van der Waals surface area (Å²) in [6, 6.07) is 68.7. The molecular formula is C55H42N2. The van der Waals surface area contributed by atoms with Gasteiger partial charge in [-0.1, -0.05) is 161 Å². The summed E-state index contributed by atoms with van der Waals surface area (Å²) >= 11 is 0. The molecule has 3 aliphatic rings. The van der Waals surface area contributed by atoms with E-state index in [0.29, 0.717) is 0 Å². The molecule has 1 aromatic heterocycles. The van der Waals surface area contributed by atoms with Gasteiger partial charge in [0.2, 0.25) is 0 Å². The van der Waals surface area contributed by atoms with Gasteiger partial charge in [-0.3, -0.25) is 0 Å². The lowest BCUT2D eigenvalue weighted by Crippen LogP contribution is -2.44. The van der Waals surface area contributed by atoms with Gasteiger partial charge in [0.25, 0.3) is 0 Å². The topological polar surface area (TPSA) is 8.17 Å². The van der Waals surface area contributed by atoms with Crippen LogP contribution in [-0.4, -0.2) is 4.57 Å². The van der Waals surface area contributed by atoms with Crippen molar-refractivity contribution < 1.29 is 0 Å². The molecule has 0 radical (unpaired) electrons. The summed E-state index contributed by atoms with van der Waals surface area (Å²) in [5.41, 5.74) is 19.9. The van der Waals surface area contributed by atoms with Gasteiger partial charge in [-0.25, -0.2) is 0 Å². The molecule has 2 aliphatic carbocycles. The van der Waals surface area contributed by atoms with Gasteiger partial charge in [-0.2, -0.15) is 0 Å². The molecule has 57 heavy (non-hydrogen) atoms. The molecule has 9 aromatic rings. The number of hydrogen-bond donors (Lipinski definition) is 0. The van der Waals surface area contributed by atoms with E-state index in [9.17, 15) is 0 Å². The van der Waals surface area contributed by atoms with Gasteiger partial charge in [0.05, 0.1) is 22.1 Å². The van der Waals surface area contributed by atoms with Crippen molar-refractivity contribution >= 4 is 38.9 Å². The maximum absolute atomic E-state index is 2.54. The number of para-hydroxylation sites is 4. The standard InChI is InChI=1S/C55H42N2/c1-53(2)42-22-10-8-19-38(42)39-31-29-36(33-48(39)53)56(35-17-6-5-7-18-35)37-30-32-44-49(34-37)55(45-24-12-11-23-43(45)54(44,3)4)46-25-13-15-28-51(46)57-50-27-14-9-20-40(50)41-21-16-26-47(55)52(41)57/h5-34H,1-4H3. The van der Waals surface area contributed by atoms with Crippen LogP contribution >= 0.6 is 0 Å². The highest BCUT2D eigenvalue weighted by Crippen LogP contribution is 2.61. The molecule has 0 saturated carbocycles. The molecule has 2 heteroatoms. The molecule has 1 spiro atoms. The van der Waals surface area contributed by atoms with Crippen molar-refractivity contribution in [3.05, 3.63) is 226 Å². The average Bonchev–Trinajstić information content (AvgIpc) is 3.71. The largest absolute Gasteiger partial charge is 0.310 e. The lowest BCUT2D eigenvalue weighted by atomic mass is 9.53. The minimum Gasteiger partial charge on any atom is -0.310 e. The first-order valence-corrected chi connectivity index (χ1v) is 20.3. The number of benzene rings is 8. The molecule has 0 amide bonds. The Morgan fingerprint density at radius 3 is 1.75 bits per heavy atom. The Hall–Kier alpha value is -6.64. The van der Waals surface area contributed by atoms with Gasteiger partial charge in [-0.15, -0.1) is 0 Å². The van der Waals surface area contributed by atoms with E-state index in [4.69, 9.17) is 0 Å². The normalized spacial score (nSPS) is 17.5. The fourth-order valence-corrected chi connectivity index (χ4v) is 11.3. The van der Waals surface area contributed by atoms with Crippen molar-refractivity contribution in [2.75, 3.05) is 4.90 Å². The highest BCUT2D eigenvalue weighted by atomic mass is 15.1. The van der Waals surface area contributed by atoms with E-state index in [0.717, 1.165) is 17.1 Å². The molecule has 2 nitrogen and oxygen atoms in total. The number of hydrogen-bond acceptors (Lipinski definition) is 1. The zero-order valence-corrected chi connectivity index (χ0v) is 32.7. The zero-order chi connectivity index (χ0) is 38.3. The van der Waals surface area contributed by atoms with E-state index in [-0.39, 0.29) is 10.8 Å². The van der Waals surface area contributed by atoms with Crippen molar-refractivity contribution in [3.63, 3.8) is 0 Å². The summed E-state index contributed by atoms with van der Waals surface area (Å²) in [5, 5.41) is 2.58. The predicted octanol–water partition coefficient (Wildman–Crippen LogP) is 13.9. The van der Waals surface area contributed by atoms with Crippen LogP contribution in [0.5, 0.6) is 0 Å². The quantitative estimate of drug-likeness (QED) is 0.176. The molecule has 0 saturated heterocycles. The second-order valence-corrected chi connectivity index (χ2v) is 17.3. The lowest BCUT2D eigenvalue weighted by Gasteiger charge is -2.50. The van der Waals surface area contributed by atoms with E-state index >= 15 is 0 Å². The molecule has 0 N–H and O–H groups in total. The van der Waals surface area contributed by atoms with Crippen molar-refractivity contribution in [1.29, 1.82) is 0 Å². The van der Waals surface area contributed by atoms with Crippen LogP contribution in [0.3, 0.4) is 0 Å². The molecule has 1 unspecified atom stereocenters. The van der Waals surface area contributed by atoms with Crippen LogP contribution in [0.15, 0.2) is 182 Å². The van der Waals surface area contributed by atoms with E-state index < -0.39 is 5.41 Å². The molecule has 272 valence electrons. The Kier molecular flexibility index (Phi) is 6.42. The Bertz CT molecular complexity index is 3140. The van der Waals surface area contributed by atoms with Gasteiger partial charge >= 0.3 is 0 Å². The first-order valence-electron chi connectivity index (χ1n) is 20.3. The molecule has 0 fully saturated rings. The molecule has 8 aromatic carbocycles. The van der Waals surface area contributed by atoms with Crippen molar-refractivity contribution in [2.45, 2.75) is 43.9 Å². The van der Waals surface area contributed by atoms with Gasteiger partial charge in [-0.05, 0) is 104 Å². The minimum absolute atomic E-state index is 0.110. The Morgan fingerprint density at radius 1 is 0.368 bits per heavy atom. The van der Waals surface area contributed by atoms with Crippen LogP contribution in [0.1, 0.15) is 72.2 Å². The fraction of sp³-hybridized carbons (Fsp3) is 0.127. The SMILES string of the molecule is CC1(C)c2ccccc2-c2ccc(N(c3ccccc3)c3ccc4c(c3)C3(c5ccccc5-n5c6ccccc6c6cccc3c65)c3ccccc3C4(C)C)cc21. The van der Waals surface area contributed by atoms with Crippen LogP contribution in [0.25, 0.3) is 38.6 Å². The molecule has 12 rings (SSSR count). The molecule has 0 bridgehead atoms. The van der Waals surface area contributed by atoms with Crippen LogP contribution in [0, 0.1) is 0 Å². The number of fused-ring (bicyclic) bond motifs is 14. The van der Waals surface area contributed by atoms with E-state index in [1.165, 1.54) is 83.1 Å². The van der Waals surface area contributed by atoms with Gasteiger partial charge in [0, 0.05) is 38.7 Å². The maximum atomic E-state index is 2.54. The fourth-order valence-electron chi connectivity index (χ4n) is 11.3. The molecule has 1 atom stereocenters. The van der Waals surface area contributed by atoms with Crippen LogP contribution in [0.4, 0.5) is 17.1 Å². The highest BCUT2D eigenvalue weighted by molar-refractivity contribution is 6.12. The van der Waals surface area contributed by atoms with Crippen LogP contribution in [0.2, 0.25) is 0 Å². The first-order chi connectivity index (χ1) is 27.8. The molecular weight excluding hydrogens is 689 g/mol. The summed E-state index contributed by atoms with van der Waals surface area (Å²) in [4.78, 5) is 2.48. The summed E-state index contributed by atoms with van der Waals surface area (Å²) < 4.78 is 2.53. The third-order valence-corrected chi connectivity index (χ3v) is 13.8. The maximum Gasteiger partial charge on any atom is 0.0749 e. The highest BCUT2D eigenvalue weighted by Gasteiger charge is 2.53. The van der Waals surface area contributed by atoms with E-state index in [1.54, 1.807) is 0 Å². The minimum atomic E-state index is -0.568. The van der Waals surface area contributed by atoms with Crippen molar-refractivity contribution in [1.82, 2.24) is 4.57 Å². The number of aromatic nitrogens is 1. The van der Waals surface area contributed by atoms with E-state index in [1.807, 2.05) is 0 Å². The van der Waals surface area contributed by atoms with Crippen LogP contribution in [-0.2, 0) is 16.2 Å². The zero-order valence-electron chi connectivity index (χ0n) is 32.7. The third-order valence-electron chi connectivity index (χ3n) is 13.8. The Morgan fingerprint density at radius 2 is 0.930 bits per heavy atom. The summed E-state index contributed by atoms with van der Waals surface area (Å²) in [5.74, 6) is 0. The first kappa shape index (κ1) is 32.6. The van der Waals surface area contributed by atoms with E-state index in [2.05, 4.69) is 219 Å². The molecule has 2 heterocycles. The Labute approximate surface area is 334 Å². The summed E-state index contributed by atoms with van der Waals surface area (Å²) in [6.07, 6.45) is 0. The smallest absolute Gasteiger partial charge is 0.0749 e. The summed E-state index contributed by atoms with van der Waals surface area (Å²) in [7, 11) is 0. The monoisotopic (exact) mass is 730 g/mol.